The Morgan fingerprint density at radius 1 is 1.50 bits per heavy atom. The topological polar surface area (TPSA) is 24.9 Å². The highest BCUT2D eigenvalue weighted by molar-refractivity contribution is 7.09. The summed E-state index contributed by atoms with van der Waals surface area (Å²) in [4.78, 5) is 4.43. The standard InChI is InChI=1S/C11H18N2S/c1-9-8-14-11(13-9)7-12-6-10-4-2-3-5-10/h8,10,12H,2-7H2,1H3. The summed E-state index contributed by atoms with van der Waals surface area (Å²) in [5.41, 5.74) is 1.15. The van der Waals surface area contributed by atoms with E-state index in [1.54, 1.807) is 11.3 Å². The zero-order chi connectivity index (χ0) is 9.80. The molecule has 14 heavy (non-hydrogen) atoms. The van der Waals surface area contributed by atoms with Gasteiger partial charge in [-0.25, -0.2) is 4.98 Å². The summed E-state index contributed by atoms with van der Waals surface area (Å²) in [6.45, 7) is 4.19. The van der Waals surface area contributed by atoms with Crippen LogP contribution in [0.15, 0.2) is 5.38 Å². The largest absolute Gasteiger partial charge is 0.310 e. The van der Waals surface area contributed by atoms with E-state index in [2.05, 4.69) is 22.6 Å². The van der Waals surface area contributed by atoms with Gasteiger partial charge in [0.15, 0.2) is 0 Å². The first-order valence-electron chi connectivity index (χ1n) is 5.46. The van der Waals surface area contributed by atoms with Gasteiger partial charge in [-0.2, -0.15) is 0 Å². The molecule has 1 N–H and O–H groups in total. The molecule has 0 atom stereocenters. The molecular weight excluding hydrogens is 192 g/mol. The normalized spacial score (nSPS) is 17.8. The summed E-state index contributed by atoms with van der Waals surface area (Å²) in [7, 11) is 0. The fourth-order valence-corrected chi connectivity index (χ4v) is 2.82. The summed E-state index contributed by atoms with van der Waals surface area (Å²) >= 11 is 1.76. The SMILES string of the molecule is Cc1csc(CNCC2CCCC2)n1. The van der Waals surface area contributed by atoms with E-state index in [-0.39, 0.29) is 0 Å². The molecule has 2 nitrogen and oxygen atoms in total. The molecule has 0 bridgehead atoms. The minimum absolute atomic E-state index is 0.927. The van der Waals surface area contributed by atoms with Crippen LogP contribution in [0.5, 0.6) is 0 Å². The van der Waals surface area contributed by atoms with Gasteiger partial charge < -0.3 is 5.32 Å². The Balaban J connectivity index is 1.67. The van der Waals surface area contributed by atoms with Crippen molar-refractivity contribution in [2.75, 3.05) is 6.54 Å². The maximum absolute atomic E-state index is 4.43. The van der Waals surface area contributed by atoms with E-state index >= 15 is 0 Å². The van der Waals surface area contributed by atoms with Crippen molar-refractivity contribution in [2.24, 2.45) is 5.92 Å². The number of hydrogen-bond acceptors (Lipinski definition) is 3. The van der Waals surface area contributed by atoms with Crippen molar-refractivity contribution in [1.29, 1.82) is 0 Å². The highest BCUT2D eigenvalue weighted by Crippen LogP contribution is 2.23. The van der Waals surface area contributed by atoms with Gasteiger partial charge in [0, 0.05) is 17.6 Å². The molecule has 0 aliphatic heterocycles. The van der Waals surface area contributed by atoms with Crippen molar-refractivity contribution in [2.45, 2.75) is 39.2 Å². The van der Waals surface area contributed by atoms with Crippen LogP contribution in [-0.4, -0.2) is 11.5 Å². The Bertz CT molecular complexity index is 277. The number of hydrogen-bond donors (Lipinski definition) is 1. The van der Waals surface area contributed by atoms with Gasteiger partial charge in [0.25, 0.3) is 0 Å². The van der Waals surface area contributed by atoms with Crippen molar-refractivity contribution in [3.05, 3.63) is 16.1 Å². The summed E-state index contributed by atoms with van der Waals surface area (Å²) in [6.07, 6.45) is 5.71. The van der Waals surface area contributed by atoms with Crippen molar-refractivity contribution >= 4 is 11.3 Å². The molecule has 1 fully saturated rings. The van der Waals surface area contributed by atoms with Gasteiger partial charge >= 0.3 is 0 Å². The zero-order valence-electron chi connectivity index (χ0n) is 8.75. The molecule has 1 heterocycles. The fraction of sp³-hybridized carbons (Fsp3) is 0.727. The smallest absolute Gasteiger partial charge is 0.107 e. The Morgan fingerprint density at radius 2 is 2.29 bits per heavy atom. The molecule has 0 saturated heterocycles. The second-order valence-electron chi connectivity index (χ2n) is 4.16. The van der Waals surface area contributed by atoms with Crippen molar-refractivity contribution in [1.82, 2.24) is 10.3 Å². The molecule has 0 unspecified atom stereocenters. The molecule has 0 amide bonds. The number of thiazole rings is 1. The third-order valence-corrected chi connectivity index (χ3v) is 3.82. The predicted octanol–water partition coefficient (Wildman–Crippen LogP) is 2.73. The van der Waals surface area contributed by atoms with Crippen molar-refractivity contribution < 1.29 is 0 Å². The number of rotatable bonds is 4. The molecule has 78 valence electrons. The van der Waals surface area contributed by atoms with Gasteiger partial charge in [0.1, 0.15) is 5.01 Å². The molecule has 1 saturated carbocycles. The first kappa shape index (κ1) is 10.1. The number of nitrogens with one attached hydrogen (secondary N) is 1. The molecule has 1 aromatic heterocycles. The first-order valence-corrected chi connectivity index (χ1v) is 6.34. The second kappa shape index (κ2) is 4.89. The number of nitrogens with zero attached hydrogens (tertiary/aromatic N) is 1. The molecule has 0 radical (unpaired) electrons. The Hall–Kier alpha value is -0.410. The van der Waals surface area contributed by atoms with Crippen LogP contribution in [0.3, 0.4) is 0 Å². The average Bonchev–Trinajstić information content (AvgIpc) is 2.77. The highest BCUT2D eigenvalue weighted by atomic mass is 32.1. The lowest BCUT2D eigenvalue weighted by atomic mass is 10.1. The van der Waals surface area contributed by atoms with E-state index in [9.17, 15) is 0 Å². The molecule has 1 aliphatic carbocycles. The molecule has 2 rings (SSSR count). The van der Waals surface area contributed by atoms with Gasteiger partial charge in [0.05, 0.1) is 0 Å². The lowest BCUT2D eigenvalue weighted by molar-refractivity contribution is 0.489. The average molecular weight is 210 g/mol. The molecular formula is C11H18N2S. The Morgan fingerprint density at radius 3 is 2.93 bits per heavy atom. The lowest BCUT2D eigenvalue weighted by Gasteiger charge is -2.08. The van der Waals surface area contributed by atoms with Gasteiger partial charge in [-0.3, -0.25) is 0 Å². The maximum Gasteiger partial charge on any atom is 0.107 e. The number of aryl methyl sites for hydroxylation is 1. The molecule has 0 spiro atoms. The van der Waals surface area contributed by atoms with Crippen LogP contribution in [-0.2, 0) is 6.54 Å². The van der Waals surface area contributed by atoms with Crippen LogP contribution in [0.4, 0.5) is 0 Å². The molecule has 1 aromatic rings. The van der Waals surface area contributed by atoms with Crippen LogP contribution in [0.2, 0.25) is 0 Å². The third kappa shape index (κ3) is 2.79. The monoisotopic (exact) mass is 210 g/mol. The molecule has 1 aliphatic rings. The van der Waals surface area contributed by atoms with E-state index in [1.807, 2.05) is 0 Å². The van der Waals surface area contributed by atoms with E-state index in [4.69, 9.17) is 0 Å². The highest BCUT2D eigenvalue weighted by Gasteiger charge is 2.14. The van der Waals surface area contributed by atoms with Gasteiger partial charge in [-0.1, -0.05) is 12.8 Å². The van der Waals surface area contributed by atoms with Crippen LogP contribution in [0.25, 0.3) is 0 Å². The predicted molar refractivity (Wildman–Crippen MR) is 60.5 cm³/mol. The lowest BCUT2D eigenvalue weighted by Crippen LogP contribution is -2.20. The van der Waals surface area contributed by atoms with Crippen LogP contribution in [0.1, 0.15) is 36.4 Å². The van der Waals surface area contributed by atoms with E-state index < -0.39 is 0 Å². The van der Waals surface area contributed by atoms with E-state index in [1.165, 1.54) is 37.2 Å². The summed E-state index contributed by atoms with van der Waals surface area (Å²) in [6, 6.07) is 0. The first-order chi connectivity index (χ1) is 6.84. The summed E-state index contributed by atoms with van der Waals surface area (Å²) in [5.74, 6) is 0.927. The number of aromatic nitrogens is 1. The second-order valence-corrected chi connectivity index (χ2v) is 5.11. The van der Waals surface area contributed by atoms with Crippen molar-refractivity contribution in [3.8, 4) is 0 Å². The minimum atomic E-state index is 0.927. The van der Waals surface area contributed by atoms with Crippen LogP contribution < -0.4 is 5.32 Å². The van der Waals surface area contributed by atoms with E-state index in [0.717, 1.165) is 18.2 Å². The van der Waals surface area contributed by atoms with Crippen LogP contribution >= 0.6 is 11.3 Å². The van der Waals surface area contributed by atoms with Crippen LogP contribution in [0, 0.1) is 12.8 Å². The quantitative estimate of drug-likeness (QED) is 0.826. The fourth-order valence-electron chi connectivity index (χ4n) is 2.08. The third-order valence-electron chi connectivity index (χ3n) is 2.85. The Labute approximate surface area is 89.8 Å². The molecule has 0 aromatic carbocycles. The summed E-state index contributed by atoms with van der Waals surface area (Å²) in [5, 5.41) is 6.85. The van der Waals surface area contributed by atoms with Crippen molar-refractivity contribution in [3.63, 3.8) is 0 Å². The van der Waals surface area contributed by atoms with E-state index in [0.29, 0.717) is 0 Å². The van der Waals surface area contributed by atoms with Gasteiger partial charge in [0.2, 0.25) is 0 Å². The minimum Gasteiger partial charge on any atom is -0.310 e. The zero-order valence-corrected chi connectivity index (χ0v) is 9.57. The molecule has 3 heteroatoms. The van der Waals surface area contributed by atoms with Gasteiger partial charge in [-0.05, 0) is 32.2 Å². The summed E-state index contributed by atoms with van der Waals surface area (Å²) < 4.78 is 0. The Kier molecular flexibility index (Phi) is 3.54. The maximum atomic E-state index is 4.43. The van der Waals surface area contributed by atoms with Gasteiger partial charge in [-0.15, -0.1) is 11.3 Å².